The molecule has 0 aliphatic heterocycles. The Kier molecular flexibility index (Phi) is 3.91. The highest BCUT2D eigenvalue weighted by molar-refractivity contribution is 7.49. The highest BCUT2D eigenvalue weighted by Gasteiger charge is 2.15. The van der Waals surface area contributed by atoms with E-state index in [0.29, 0.717) is 17.2 Å². The van der Waals surface area contributed by atoms with Crippen molar-refractivity contribution in [3.05, 3.63) is 60.6 Å². The molecule has 0 saturated heterocycles. The van der Waals surface area contributed by atoms with Crippen LogP contribution >= 0.6 is 7.85 Å². The Labute approximate surface area is 145 Å². The zero-order valence-corrected chi connectivity index (χ0v) is 14.3. The summed E-state index contributed by atoms with van der Waals surface area (Å²) in [4.78, 5) is 17.2. The fourth-order valence-corrected chi connectivity index (χ4v) is 3.67. The molecule has 0 aliphatic carbocycles. The third kappa shape index (κ3) is 3.09. The van der Waals surface area contributed by atoms with Crippen LogP contribution in [0.5, 0.6) is 0 Å². The van der Waals surface area contributed by atoms with Crippen molar-refractivity contribution >= 4 is 13.7 Å². The van der Waals surface area contributed by atoms with Crippen molar-refractivity contribution in [1.29, 1.82) is 0 Å². The lowest BCUT2D eigenvalue weighted by Crippen LogP contribution is -2.00. The summed E-state index contributed by atoms with van der Waals surface area (Å²) in [5, 5.41) is 5.24. The second-order valence-electron chi connectivity index (χ2n) is 5.47. The SMILES string of the molecule is Cc1cccc(-p2nnc(-c3nc(-c4cccnc4)cnc3N)n2)c1. The quantitative estimate of drug-likeness (QED) is 0.606. The van der Waals surface area contributed by atoms with E-state index in [9.17, 15) is 0 Å². The van der Waals surface area contributed by atoms with E-state index in [-0.39, 0.29) is 5.82 Å². The number of aryl methyl sites for hydroxylation is 1. The molecule has 3 heterocycles. The maximum absolute atomic E-state index is 5.99. The van der Waals surface area contributed by atoms with Gasteiger partial charge in [0.15, 0.2) is 11.5 Å². The van der Waals surface area contributed by atoms with E-state index in [1.807, 2.05) is 37.3 Å². The van der Waals surface area contributed by atoms with Crippen LogP contribution in [0.25, 0.3) is 28.1 Å². The summed E-state index contributed by atoms with van der Waals surface area (Å²) in [5.74, 6) is 0.704. The first-order chi connectivity index (χ1) is 12.2. The molecule has 0 bridgehead atoms. The van der Waals surface area contributed by atoms with Crippen molar-refractivity contribution in [2.45, 2.75) is 6.92 Å². The van der Waals surface area contributed by atoms with Crippen molar-refractivity contribution in [2.24, 2.45) is 0 Å². The van der Waals surface area contributed by atoms with Crippen LogP contribution in [0.1, 0.15) is 5.56 Å². The van der Waals surface area contributed by atoms with Gasteiger partial charge in [-0.1, -0.05) is 17.7 Å². The second kappa shape index (κ2) is 6.37. The van der Waals surface area contributed by atoms with E-state index in [1.165, 1.54) is 0 Å². The minimum atomic E-state index is -1.09. The maximum atomic E-state index is 5.99. The average molecular weight is 347 g/mol. The summed E-state index contributed by atoms with van der Waals surface area (Å²) in [6.45, 7) is 2.04. The van der Waals surface area contributed by atoms with Gasteiger partial charge in [0.05, 0.1) is 11.9 Å². The molecule has 0 radical (unpaired) electrons. The molecule has 1 aromatic carbocycles. The molecule has 0 fully saturated rings. The van der Waals surface area contributed by atoms with Gasteiger partial charge >= 0.3 is 0 Å². The van der Waals surface area contributed by atoms with Gasteiger partial charge in [-0.2, -0.15) is 4.75 Å². The van der Waals surface area contributed by atoms with E-state index in [1.54, 1.807) is 18.6 Å². The van der Waals surface area contributed by atoms with Crippen molar-refractivity contribution in [3.8, 4) is 28.1 Å². The fraction of sp³-hybridized carbons (Fsp3) is 0.0588. The third-order valence-electron chi connectivity index (χ3n) is 3.62. The third-order valence-corrected chi connectivity index (χ3v) is 4.99. The number of nitrogens with zero attached hydrogens (tertiary/aromatic N) is 6. The number of benzene rings is 1. The van der Waals surface area contributed by atoms with Crippen LogP contribution in [0.4, 0.5) is 5.82 Å². The first-order valence-electron chi connectivity index (χ1n) is 7.61. The zero-order chi connectivity index (χ0) is 17.2. The zero-order valence-electron chi connectivity index (χ0n) is 13.4. The molecule has 4 aromatic rings. The molecule has 0 aliphatic rings. The van der Waals surface area contributed by atoms with Gasteiger partial charge in [0.2, 0.25) is 5.82 Å². The van der Waals surface area contributed by atoms with Gasteiger partial charge < -0.3 is 5.73 Å². The lowest BCUT2D eigenvalue weighted by atomic mass is 10.2. The Bertz CT molecular complexity index is 1030. The fourth-order valence-electron chi connectivity index (χ4n) is 2.39. The first kappa shape index (κ1) is 15.4. The summed E-state index contributed by atoms with van der Waals surface area (Å²) < 4.78 is 4.62. The molecule has 2 N–H and O–H groups in total. The van der Waals surface area contributed by atoms with Crippen LogP contribution in [0, 0.1) is 6.92 Å². The van der Waals surface area contributed by atoms with Crippen molar-refractivity contribution < 1.29 is 0 Å². The first-order valence-corrected chi connectivity index (χ1v) is 8.86. The Morgan fingerprint density at radius 1 is 1.08 bits per heavy atom. The van der Waals surface area contributed by atoms with Gasteiger partial charge in [0.1, 0.15) is 7.85 Å². The summed E-state index contributed by atoms with van der Waals surface area (Å²) in [7, 11) is -1.09. The molecular weight excluding hydrogens is 333 g/mol. The van der Waals surface area contributed by atoms with E-state index < -0.39 is 7.85 Å². The Morgan fingerprint density at radius 3 is 2.80 bits per heavy atom. The van der Waals surface area contributed by atoms with Gasteiger partial charge in [-0.05, 0) is 31.2 Å². The van der Waals surface area contributed by atoms with Crippen LogP contribution in [-0.2, 0) is 0 Å². The highest BCUT2D eigenvalue weighted by Crippen LogP contribution is 2.35. The van der Waals surface area contributed by atoms with Gasteiger partial charge in [0, 0.05) is 23.3 Å². The summed E-state index contributed by atoms with van der Waals surface area (Å²) in [5.41, 5.74) is 9.12. The number of nitrogens with two attached hydrogens (primary N) is 1. The molecule has 25 heavy (non-hydrogen) atoms. The van der Waals surface area contributed by atoms with Crippen LogP contribution in [-0.4, -0.2) is 29.7 Å². The molecule has 1 atom stereocenters. The monoisotopic (exact) mass is 347 g/mol. The van der Waals surface area contributed by atoms with Crippen LogP contribution in [0.2, 0.25) is 0 Å². The number of hydrogen-bond acceptors (Lipinski definition) is 7. The minimum Gasteiger partial charge on any atom is -0.382 e. The molecule has 3 aromatic heterocycles. The highest BCUT2D eigenvalue weighted by atomic mass is 31.1. The van der Waals surface area contributed by atoms with E-state index in [2.05, 4.69) is 35.7 Å². The Balaban J connectivity index is 1.75. The molecule has 0 amide bonds. The second-order valence-corrected chi connectivity index (χ2v) is 6.95. The molecule has 1 unspecified atom stereocenters. The van der Waals surface area contributed by atoms with Crippen molar-refractivity contribution in [2.75, 3.05) is 5.73 Å². The largest absolute Gasteiger partial charge is 0.382 e. The number of anilines is 1. The van der Waals surface area contributed by atoms with Crippen LogP contribution in [0.3, 0.4) is 0 Å². The van der Waals surface area contributed by atoms with Gasteiger partial charge in [0.25, 0.3) is 0 Å². The maximum Gasteiger partial charge on any atom is 0.209 e. The minimum absolute atomic E-state index is 0.284. The van der Waals surface area contributed by atoms with Gasteiger partial charge in [-0.25, -0.2) is 9.97 Å². The predicted octanol–water partition coefficient (Wildman–Crippen LogP) is 3.26. The number of nitrogen functional groups attached to an aromatic ring is 1. The molecule has 0 saturated carbocycles. The normalized spacial score (nSPS) is 11.5. The Hall–Kier alpha value is -3.18. The van der Waals surface area contributed by atoms with Gasteiger partial charge in [-0.3, -0.25) is 4.98 Å². The molecule has 8 heteroatoms. The average Bonchev–Trinajstić information content (AvgIpc) is 3.13. The van der Waals surface area contributed by atoms with Crippen LogP contribution in [0.15, 0.2) is 55.0 Å². The molecule has 4 rings (SSSR count). The van der Waals surface area contributed by atoms with Gasteiger partial charge in [-0.15, -0.1) is 9.96 Å². The number of pyridine rings is 1. The molecule has 122 valence electrons. The standard InChI is InChI=1S/C17H14N7P/c1-11-4-2-6-13(8-11)25-23-17(22-24-25)15-16(18)20-10-14(21-15)12-5-3-7-19-9-12/h2-10H,1H3,(H2,18,20). The Morgan fingerprint density at radius 2 is 2.00 bits per heavy atom. The topological polar surface area (TPSA) is 103 Å². The molecular formula is C17H14N7P. The molecule has 0 spiro atoms. The number of aromatic nitrogens is 6. The van der Waals surface area contributed by atoms with E-state index in [4.69, 9.17) is 5.73 Å². The lowest BCUT2D eigenvalue weighted by molar-refractivity contribution is 1.10. The predicted molar refractivity (Wildman–Crippen MR) is 97.3 cm³/mol. The van der Waals surface area contributed by atoms with E-state index in [0.717, 1.165) is 16.4 Å². The number of rotatable bonds is 3. The summed E-state index contributed by atoms with van der Waals surface area (Å²) >= 11 is 0. The van der Waals surface area contributed by atoms with Crippen LogP contribution < -0.4 is 5.73 Å². The smallest absolute Gasteiger partial charge is 0.209 e. The van der Waals surface area contributed by atoms with Crippen molar-refractivity contribution in [3.63, 3.8) is 0 Å². The van der Waals surface area contributed by atoms with E-state index >= 15 is 0 Å². The number of hydrogen-bond donors (Lipinski definition) is 1. The summed E-state index contributed by atoms with van der Waals surface area (Å²) in [6, 6.07) is 11.9. The lowest BCUT2D eigenvalue weighted by Gasteiger charge is -2.04. The summed E-state index contributed by atoms with van der Waals surface area (Å²) in [6.07, 6.45) is 5.05. The molecule has 7 nitrogen and oxygen atoms in total. The van der Waals surface area contributed by atoms with Crippen molar-refractivity contribution in [1.82, 2.24) is 29.7 Å².